The highest BCUT2D eigenvalue weighted by atomic mass is 16.3. The number of aromatic nitrogens is 2. The van der Waals surface area contributed by atoms with Gasteiger partial charge in [0.15, 0.2) is 0 Å². The van der Waals surface area contributed by atoms with Gasteiger partial charge in [-0.25, -0.2) is 0 Å². The Hall–Kier alpha value is -0.910. The quantitative estimate of drug-likeness (QED) is 0.798. The summed E-state index contributed by atoms with van der Waals surface area (Å²) in [6.07, 6.45) is 6.35. The van der Waals surface area contributed by atoms with Gasteiger partial charge in [0.25, 0.3) is 0 Å². The van der Waals surface area contributed by atoms with Crippen LogP contribution in [0.15, 0.2) is 12.4 Å². The Morgan fingerprint density at radius 2 is 2.39 bits per heavy atom. The molecule has 3 N–H and O–H groups in total. The molecule has 0 saturated carbocycles. The van der Waals surface area contributed by atoms with Crippen LogP contribution < -0.4 is 5.73 Å². The lowest BCUT2D eigenvalue weighted by atomic mass is 9.92. The summed E-state index contributed by atoms with van der Waals surface area (Å²) in [4.78, 5) is 2.46. The molecule has 0 amide bonds. The van der Waals surface area contributed by atoms with Crippen LogP contribution in [-0.2, 0) is 13.1 Å². The first-order valence-corrected chi connectivity index (χ1v) is 6.79. The summed E-state index contributed by atoms with van der Waals surface area (Å²) in [6.45, 7) is 5.77. The molecule has 0 bridgehead atoms. The molecule has 0 spiro atoms. The van der Waals surface area contributed by atoms with Crippen molar-refractivity contribution in [2.45, 2.75) is 38.9 Å². The molecule has 2 rings (SSSR count). The predicted molar refractivity (Wildman–Crippen MR) is 71.0 cm³/mol. The maximum atomic E-state index is 8.87. The van der Waals surface area contributed by atoms with Crippen LogP contribution in [0.3, 0.4) is 0 Å². The predicted octanol–water partition coefficient (Wildman–Crippen LogP) is 0.435. The molecule has 5 heteroatoms. The second kappa shape index (κ2) is 6.31. The molecule has 2 atom stereocenters. The maximum Gasteiger partial charge on any atom is 0.0640 e. The van der Waals surface area contributed by atoms with Crippen molar-refractivity contribution in [2.24, 2.45) is 11.7 Å². The van der Waals surface area contributed by atoms with E-state index in [1.807, 2.05) is 12.4 Å². The molecule has 0 radical (unpaired) electrons. The van der Waals surface area contributed by atoms with Gasteiger partial charge in [0.05, 0.1) is 19.3 Å². The van der Waals surface area contributed by atoms with Crippen LogP contribution in [0.2, 0.25) is 0 Å². The van der Waals surface area contributed by atoms with E-state index in [0.29, 0.717) is 12.6 Å². The van der Waals surface area contributed by atoms with Crippen molar-refractivity contribution in [1.29, 1.82) is 0 Å². The van der Waals surface area contributed by atoms with Gasteiger partial charge >= 0.3 is 0 Å². The number of nitrogens with two attached hydrogens (primary N) is 1. The fourth-order valence-electron chi connectivity index (χ4n) is 2.70. The fraction of sp³-hybridized carbons (Fsp3) is 0.769. The molecule has 5 nitrogen and oxygen atoms in total. The molecule has 18 heavy (non-hydrogen) atoms. The Bertz CT molecular complexity index is 366. The van der Waals surface area contributed by atoms with Gasteiger partial charge in [-0.3, -0.25) is 9.58 Å². The minimum absolute atomic E-state index is 0.133. The van der Waals surface area contributed by atoms with E-state index in [-0.39, 0.29) is 6.61 Å². The number of hydrogen-bond acceptors (Lipinski definition) is 4. The SMILES string of the molecule is CC1CCN(Cc2cnn(CCO)c2)C(CN)C1. The smallest absolute Gasteiger partial charge is 0.0640 e. The summed E-state index contributed by atoms with van der Waals surface area (Å²) >= 11 is 0. The number of hydrogen-bond donors (Lipinski definition) is 2. The van der Waals surface area contributed by atoms with Gasteiger partial charge in [0, 0.05) is 30.9 Å². The summed E-state index contributed by atoms with van der Waals surface area (Å²) in [5, 5.41) is 13.1. The van der Waals surface area contributed by atoms with E-state index in [1.165, 1.54) is 18.4 Å². The van der Waals surface area contributed by atoms with Gasteiger partial charge in [0.1, 0.15) is 0 Å². The van der Waals surface area contributed by atoms with Crippen LogP contribution in [0, 0.1) is 5.92 Å². The van der Waals surface area contributed by atoms with Crippen molar-refractivity contribution in [3.63, 3.8) is 0 Å². The number of piperidine rings is 1. The monoisotopic (exact) mass is 252 g/mol. The first-order valence-electron chi connectivity index (χ1n) is 6.79. The summed E-state index contributed by atoms with van der Waals surface area (Å²) in [5.41, 5.74) is 7.07. The van der Waals surface area contributed by atoms with Gasteiger partial charge in [0.2, 0.25) is 0 Å². The summed E-state index contributed by atoms with van der Waals surface area (Å²) in [7, 11) is 0. The van der Waals surface area contributed by atoms with Crippen LogP contribution >= 0.6 is 0 Å². The molecule has 0 aliphatic carbocycles. The lowest BCUT2D eigenvalue weighted by molar-refractivity contribution is 0.115. The highest BCUT2D eigenvalue weighted by Crippen LogP contribution is 2.23. The second-order valence-corrected chi connectivity index (χ2v) is 5.32. The van der Waals surface area contributed by atoms with Gasteiger partial charge in [-0.2, -0.15) is 5.10 Å². The highest BCUT2D eigenvalue weighted by molar-refractivity contribution is 5.04. The Morgan fingerprint density at radius 1 is 1.56 bits per heavy atom. The summed E-state index contributed by atoms with van der Waals surface area (Å²) in [5.74, 6) is 0.784. The lowest BCUT2D eigenvalue weighted by Gasteiger charge is -2.37. The van der Waals surface area contributed by atoms with E-state index in [2.05, 4.69) is 16.9 Å². The van der Waals surface area contributed by atoms with Gasteiger partial charge in [-0.05, 0) is 25.3 Å². The molecule has 1 aliphatic heterocycles. The third-order valence-corrected chi connectivity index (χ3v) is 3.77. The topological polar surface area (TPSA) is 67.3 Å². The number of aliphatic hydroxyl groups excluding tert-OH is 1. The largest absolute Gasteiger partial charge is 0.394 e. The Labute approximate surface area is 109 Å². The molecule has 2 unspecified atom stereocenters. The molecule has 1 aromatic rings. The number of likely N-dealkylation sites (tertiary alicyclic amines) is 1. The van der Waals surface area contributed by atoms with E-state index in [4.69, 9.17) is 10.8 Å². The van der Waals surface area contributed by atoms with Crippen molar-refractivity contribution >= 4 is 0 Å². The Balaban J connectivity index is 1.94. The molecule has 0 aromatic carbocycles. The van der Waals surface area contributed by atoms with Gasteiger partial charge in [-0.1, -0.05) is 6.92 Å². The number of nitrogens with zero attached hydrogens (tertiary/aromatic N) is 3. The van der Waals surface area contributed by atoms with E-state index in [1.54, 1.807) is 4.68 Å². The van der Waals surface area contributed by atoms with Crippen molar-refractivity contribution in [3.8, 4) is 0 Å². The number of aliphatic hydroxyl groups is 1. The van der Waals surface area contributed by atoms with Gasteiger partial charge < -0.3 is 10.8 Å². The summed E-state index contributed by atoms with van der Waals surface area (Å²) in [6, 6.07) is 0.495. The van der Waals surface area contributed by atoms with Crippen LogP contribution in [0.4, 0.5) is 0 Å². The van der Waals surface area contributed by atoms with Crippen LogP contribution in [0.1, 0.15) is 25.3 Å². The molecule has 1 aromatic heterocycles. The lowest BCUT2D eigenvalue weighted by Crippen LogP contribution is -2.45. The minimum Gasteiger partial charge on any atom is -0.394 e. The molecule has 2 heterocycles. The average Bonchev–Trinajstić information content (AvgIpc) is 2.79. The Morgan fingerprint density at radius 3 is 3.11 bits per heavy atom. The van der Waals surface area contributed by atoms with Crippen LogP contribution in [0.25, 0.3) is 0 Å². The minimum atomic E-state index is 0.133. The van der Waals surface area contributed by atoms with Crippen molar-refractivity contribution in [3.05, 3.63) is 18.0 Å². The molecule has 1 aliphatic rings. The van der Waals surface area contributed by atoms with E-state index in [9.17, 15) is 0 Å². The van der Waals surface area contributed by atoms with Crippen molar-refractivity contribution < 1.29 is 5.11 Å². The third kappa shape index (κ3) is 3.31. The van der Waals surface area contributed by atoms with Crippen LogP contribution in [0.5, 0.6) is 0 Å². The fourth-order valence-corrected chi connectivity index (χ4v) is 2.70. The number of rotatable bonds is 5. The molecule has 1 fully saturated rings. The zero-order chi connectivity index (χ0) is 13.0. The highest BCUT2D eigenvalue weighted by Gasteiger charge is 2.25. The first-order chi connectivity index (χ1) is 8.72. The van der Waals surface area contributed by atoms with E-state index < -0.39 is 0 Å². The zero-order valence-electron chi connectivity index (χ0n) is 11.1. The standard InChI is InChI=1S/C13H24N4O/c1-11-2-3-16(13(6-11)7-14)9-12-8-15-17(10-12)4-5-18/h8,10-11,13,18H,2-7,9,14H2,1H3. The van der Waals surface area contributed by atoms with E-state index in [0.717, 1.165) is 25.6 Å². The van der Waals surface area contributed by atoms with Crippen molar-refractivity contribution in [2.75, 3.05) is 19.7 Å². The van der Waals surface area contributed by atoms with Gasteiger partial charge in [-0.15, -0.1) is 0 Å². The normalized spacial score (nSPS) is 25.5. The molecule has 1 saturated heterocycles. The first kappa shape index (κ1) is 13.5. The average molecular weight is 252 g/mol. The zero-order valence-corrected chi connectivity index (χ0v) is 11.1. The van der Waals surface area contributed by atoms with Crippen LogP contribution in [-0.4, -0.2) is 45.5 Å². The maximum absolute atomic E-state index is 8.87. The third-order valence-electron chi connectivity index (χ3n) is 3.77. The summed E-state index contributed by atoms with van der Waals surface area (Å²) < 4.78 is 1.79. The Kier molecular flexibility index (Phi) is 4.74. The molecular formula is C13H24N4O. The molecule has 102 valence electrons. The van der Waals surface area contributed by atoms with E-state index >= 15 is 0 Å². The molecular weight excluding hydrogens is 228 g/mol. The second-order valence-electron chi connectivity index (χ2n) is 5.32. The van der Waals surface area contributed by atoms with Crippen molar-refractivity contribution in [1.82, 2.24) is 14.7 Å².